The van der Waals surface area contributed by atoms with Crippen LogP contribution in [0.15, 0.2) is 21.4 Å². The van der Waals surface area contributed by atoms with E-state index in [0.29, 0.717) is 50.7 Å². The minimum absolute atomic E-state index is 0.0273. The number of rotatable bonds is 2. The number of piperazine rings is 1. The van der Waals surface area contributed by atoms with Crippen LogP contribution in [0.2, 0.25) is 5.02 Å². The topological polar surface area (TPSA) is 90.4 Å². The molecule has 1 aromatic rings. The van der Waals surface area contributed by atoms with E-state index in [2.05, 4.69) is 4.40 Å². The Morgan fingerprint density at radius 2 is 1.68 bits per heavy atom. The minimum Gasteiger partial charge on any atom is -0.339 e. The van der Waals surface area contributed by atoms with Gasteiger partial charge in [0, 0.05) is 45.1 Å². The number of amides is 2. The molecule has 4 rings (SSSR count). The van der Waals surface area contributed by atoms with Crippen molar-refractivity contribution >= 4 is 45.0 Å². The number of hydrogen-bond acceptors (Lipinski definition) is 5. The van der Waals surface area contributed by atoms with Gasteiger partial charge in [0.25, 0.3) is 15.9 Å². The van der Waals surface area contributed by atoms with Gasteiger partial charge in [0.2, 0.25) is 5.91 Å². The minimum atomic E-state index is -3.90. The van der Waals surface area contributed by atoms with Gasteiger partial charge in [-0.05, 0) is 25.0 Å². The van der Waals surface area contributed by atoms with E-state index >= 15 is 0 Å². The smallest absolute Gasteiger partial charge is 0.286 e. The third-order valence-corrected chi connectivity index (χ3v) is 7.69. The lowest BCUT2D eigenvalue weighted by Gasteiger charge is -2.36. The first-order valence-corrected chi connectivity index (χ1v) is 12.5. The van der Waals surface area contributed by atoms with Crippen LogP contribution in [0.1, 0.15) is 49.9 Å². The van der Waals surface area contributed by atoms with Crippen molar-refractivity contribution < 1.29 is 18.0 Å². The molecular formula is C21H27ClN4O4S. The lowest BCUT2D eigenvalue weighted by molar-refractivity contribution is -0.135. The highest BCUT2D eigenvalue weighted by Gasteiger charge is 2.34. The standard InChI is InChI=1S/C21H27ClN4O4S/c1-14(2)20(27)24-8-10-25(11-9-24)21(28)15-12-18-17(13-16(15)22)26-7-5-3-4-6-19(26)23-31(18,29)30/h12-14H,3-11H2,1-2H3. The highest BCUT2D eigenvalue weighted by molar-refractivity contribution is 7.90. The molecule has 3 aliphatic heterocycles. The summed E-state index contributed by atoms with van der Waals surface area (Å²) in [5.74, 6) is 0.194. The van der Waals surface area contributed by atoms with Crippen LogP contribution in [0.25, 0.3) is 0 Å². The molecule has 3 heterocycles. The zero-order valence-electron chi connectivity index (χ0n) is 17.8. The second-order valence-corrected chi connectivity index (χ2v) is 10.5. The number of carbonyl (C=O) groups excluding carboxylic acids is 2. The van der Waals surface area contributed by atoms with Crippen LogP contribution in [-0.4, -0.2) is 68.6 Å². The number of hydrogen-bond donors (Lipinski definition) is 0. The van der Waals surface area contributed by atoms with E-state index in [1.807, 2.05) is 18.7 Å². The van der Waals surface area contributed by atoms with Crippen LogP contribution in [0, 0.1) is 5.92 Å². The summed E-state index contributed by atoms with van der Waals surface area (Å²) in [7, 11) is -3.90. The van der Waals surface area contributed by atoms with Crippen molar-refractivity contribution in [2.75, 3.05) is 37.6 Å². The van der Waals surface area contributed by atoms with Gasteiger partial charge in [-0.1, -0.05) is 31.9 Å². The zero-order valence-corrected chi connectivity index (χ0v) is 19.4. The molecule has 3 aliphatic rings. The van der Waals surface area contributed by atoms with Crippen molar-refractivity contribution in [3.63, 3.8) is 0 Å². The third-order valence-electron chi connectivity index (χ3n) is 6.04. The third kappa shape index (κ3) is 4.17. The van der Waals surface area contributed by atoms with E-state index in [0.717, 1.165) is 19.3 Å². The van der Waals surface area contributed by atoms with E-state index < -0.39 is 10.0 Å². The molecule has 2 fully saturated rings. The van der Waals surface area contributed by atoms with Gasteiger partial charge in [-0.25, -0.2) is 0 Å². The van der Waals surface area contributed by atoms with Gasteiger partial charge < -0.3 is 14.7 Å². The summed E-state index contributed by atoms with van der Waals surface area (Å²) in [6, 6.07) is 2.95. The van der Waals surface area contributed by atoms with Crippen molar-refractivity contribution in [2.24, 2.45) is 10.3 Å². The molecule has 0 aromatic heterocycles. The van der Waals surface area contributed by atoms with Gasteiger partial charge in [0.05, 0.1) is 16.3 Å². The summed E-state index contributed by atoms with van der Waals surface area (Å²) in [6.07, 6.45) is 3.46. The number of carbonyl (C=O) groups is 2. The van der Waals surface area contributed by atoms with E-state index in [1.54, 1.807) is 15.9 Å². The van der Waals surface area contributed by atoms with Gasteiger partial charge in [0.1, 0.15) is 10.7 Å². The van der Waals surface area contributed by atoms with Gasteiger partial charge in [0.15, 0.2) is 0 Å². The Morgan fingerprint density at radius 3 is 2.35 bits per heavy atom. The second-order valence-electron chi connectivity index (χ2n) is 8.52. The first-order valence-electron chi connectivity index (χ1n) is 10.7. The zero-order chi connectivity index (χ0) is 22.3. The molecule has 0 saturated carbocycles. The summed E-state index contributed by atoms with van der Waals surface area (Å²) in [5, 5.41) is 0.227. The van der Waals surface area contributed by atoms with Crippen LogP contribution < -0.4 is 4.90 Å². The Kier molecular flexibility index (Phi) is 6.00. The monoisotopic (exact) mass is 466 g/mol. The molecule has 0 unspecified atom stereocenters. The average molecular weight is 467 g/mol. The molecule has 1 aromatic carbocycles. The highest BCUT2D eigenvalue weighted by Crippen LogP contribution is 2.38. The van der Waals surface area contributed by atoms with Crippen molar-refractivity contribution in [1.82, 2.24) is 9.80 Å². The first-order chi connectivity index (χ1) is 14.7. The molecule has 10 heteroatoms. The number of amidine groups is 1. The Hall–Kier alpha value is -2.13. The lowest BCUT2D eigenvalue weighted by Crippen LogP contribution is -2.51. The quantitative estimate of drug-likeness (QED) is 0.668. The molecule has 0 aliphatic carbocycles. The molecule has 0 spiro atoms. The van der Waals surface area contributed by atoms with E-state index in [1.165, 1.54) is 6.07 Å². The maximum Gasteiger partial charge on any atom is 0.286 e. The Labute approximate surface area is 187 Å². The van der Waals surface area contributed by atoms with E-state index in [4.69, 9.17) is 11.6 Å². The summed E-state index contributed by atoms with van der Waals surface area (Å²) >= 11 is 6.49. The van der Waals surface area contributed by atoms with Gasteiger partial charge in [-0.15, -0.1) is 4.40 Å². The maximum atomic E-state index is 13.2. The fourth-order valence-electron chi connectivity index (χ4n) is 4.33. The predicted molar refractivity (Wildman–Crippen MR) is 119 cm³/mol. The maximum absolute atomic E-state index is 13.2. The Morgan fingerprint density at radius 1 is 1.00 bits per heavy atom. The fraction of sp³-hybridized carbons (Fsp3) is 0.571. The number of benzene rings is 1. The van der Waals surface area contributed by atoms with Gasteiger partial charge >= 0.3 is 0 Å². The summed E-state index contributed by atoms with van der Waals surface area (Å²) in [6.45, 7) is 6.04. The van der Waals surface area contributed by atoms with E-state index in [-0.39, 0.29) is 33.2 Å². The molecule has 0 atom stereocenters. The number of sulfonamides is 1. The van der Waals surface area contributed by atoms with Gasteiger partial charge in [-0.2, -0.15) is 8.42 Å². The molecular weight excluding hydrogens is 440 g/mol. The van der Waals surface area contributed by atoms with Crippen LogP contribution in [0.5, 0.6) is 0 Å². The van der Waals surface area contributed by atoms with Crippen molar-refractivity contribution in [1.29, 1.82) is 0 Å². The van der Waals surface area contributed by atoms with E-state index in [9.17, 15) is 18.0 Å². The lowest BCUT2D eigenvalue weighted by atomic mass is 10.1. The summed E-state index contributed by atoms with van der Waals surface area (Å²) < 4.78 is 29.7. The fourth-order valence-corrected chi connectivity index (χ4v) is 5.83. The number of anilines is 1. The summed E-state index contributed by atoms with van der Waals surface area (Å²) in [4.78, 5) is 30.7. The van der Waals surface area contributed by atoms with Crippen LogP contribution in [-0.2, 0) is 14.8 Å². The van der Waals surface area contributed by atoms with Crippen LogP contribution in [0.4, 0.5) is 5.69 Å². The highest BCUT2D eigenvalue weighted by atomic mass is 35.5. The number of nitrogens with zero attached hydrogens (tertiary/aromatic N) is 4. The van der Waals surface area contributed by atoms with Crippen molar-refractivity contribution in [3.8, 4) is 0 Å². The predicted octanol–water partition coefficient (Wildman–Crippen LogP) is 2.76. The SMILES string of the molecule is CC(C)C(=O)N1CCN(C(=O)c2cc3c(cc2Cl)N2CCCCCC2=NS3(=O)=O)CC1. The number of fused-ring (bicyclic) bond motifs is 3. The first kappa shape index (κ1) is 22.1. The average Bonchev–Trinajstić information content (AvgIpc) is 2.97. The summed E-state index contributed by atoms with van der Waals surface area (Å²) in [5.41, 5.74) is 0.655. The molecule has 8 nitrogen and oxygen atoms in total. The molecule has 2 saturated heterocycles. The molecule has 2 amide bonds. The molecule has 0 N–H and O–H groups in total. The second kappa shape index (κ2) is 8.43. The molecule has 168 valence electrons. The van der Waals surface area contributed by atoms with Gasteiger partial charge in [-0.3, -0.25) is 9.59 Å². The van der Waals surface area contributed by atoms with Crippen LogP contribution in [0.3, 0.4) is 0 Å². The largest absolute Gasteiger partial charge is 0.339 e. The van der Waals surface area contributed by atoms with Crippen molar-refractivity contribution in [2.45, 2.75) is 44.4 Å². The van der Waals surface area contributed by atoms with Crippen LogP contribution >= 0.6 is 11.6 Å². The Bertz CT molecular complexity index is 1050. The molecule has 0 radical (unpaired) electrons. The molecule has 0 bridgehead atoms. The molecule has 31 heavy (non-hydrogen) atoms. The Balaban J connectivity index is 1.61. The van der Waals surface area contributed by atoms with Crippen molar-refractivity contribution in [3.05, 3.63) is 22.7 Å². The number of halogens is 1. The normalized spacial score (nSPS) is 20.6.